The maximum Gasteiger partial charge on any atom is 0.279 e. The van der Waals surface area contributed by atoms with Crippen LogP contribution in [0.3, 0.4) is 0 Å². The number of aromatic nitrogens is 2. The summed E-state index contributed by atoms with van der Waals surface area (Å²) < 4.78 is 66.7. The molecule has 4 N–H and O–H groups in total. The molecule has 2 heterocycles. The number of carbonyl (C=O) groups is 2. The van der Waals surface area contributed by atoms with Crippen LogP contribution < -0.4 is 30.4 Å². The van der Waals surface area contributed by atoms with Gasteiger partial charge in [-0.25, -0.2) is 36.6 Å². The van der Waals surface area contributed by atoms with Crippen molar-refractivity contribution in [2.75, 3.05) is 21.3 Å². The van der Waals surface area contributed by atoms with Gasteiger partial charge in [0.15, 0.2) is 0 Å². The first-order valence-electron chi connectivity index (χ1n) is 21.0. The second-order valence-electron chi connectivity index (χ2n) is 15.0. The first-order valence-corrected chi connectivity index (χ1v) is 23.8. The average molecular weight is 929 g/mol. The topological polar surface area (TPSA) is 204 Å². The Morgan fingerprint density at radius 2 is 0.773 bits per heavy atom. The summed E-state index contributed by atoms with van der Waals surface area (Å²) >= 11 is 0. The quantitative estimate of drug-likeness (QED) is 0.0602. The zero-order valence-corrected chi connectivity index (χ0v) is 38.6. The largest absolute Gasteiger partial charge is 0.744 e. The number of anilines is 6. The maximum atomic E-state index is 12.9. The number of carbonyl (C=O) groups excluding carboxylic acids is 2. The van der Waals surface area contributed by atoms with Crippen molar-refractivity contribution in [1.29, 1.82) is 0 Å². The van der Waals surface area contributed by atoms with Gasteiger partial charge in [0.2, 0.25) is 0 Å². The van der Waals surface area contributed by atoms with E-state index in [4.69, 9.17) is 0 Å². The molecule has 0 unspecified atom stereocenters. The lowest BCUT2D eigenvalue weighted by molar-refractivity contribution is -0.683. The molecule has 0 spiro atoms. The van der Waals surface area contributed by atoms with Crippen LogP contribution in [0.2, 0.25) is 0 Å². The second kappa shape index (κ2) is 23.6. The van der Waals surface area contributed by atoms with Crippen LogP contribution in [0.5, 0.6) is 0 Å². The number of amides is 2. The number of nitrogens with one attached hydrogen (secondary N) is 4. The molecule has 0 aliphatic heterocycles. The lowest BCUT2D eigenvalue weighted by Crippen LogP contribution is -2.35. The van der Waals surface area contributed by atoms with Crippen LogP contribution in [-0.2, 0) is 33.3 Å². The van der Waals surface area contributed by atoms with E-state index in [1.165, 1.54) is 24.3 Å². The normalized spacial score (nSPS) is 10.9. The third kappa shape index (κ3) is 15.5. The highest BCUT2D eigenvalue weighted by molar-refractivity contribution is 7.86. The van der Waals surface area contributed by atoms with Gasteiger partial charge in [0.05, 0.1) is 35.3 Å². The van der Waals surface area contributed by atoms with Crippen LogP contribution in [-0.4, -0.2) is 37.8 Å². The van der Waals surface area contributed by atoms with Gasteiger partial charge in [-0.15, -0.1) is 0 Å². The molecule has 0 atom stereocenters. The van der Waals surface area contributed by atoms with Gasteiger partial charge in [-0.3, -0.25) is 9.59 Å². The molecule has 2 aromatic heterocycles. The third-order valence-electron chi connectivity index (χ3n) is 9.67. The van der Waals surface area contributed by atoms with E-state index in [1.54, 1.807) is 48.5 Å². The van der Waals surface area contributed by atoms with Crippen molar-refractivity contribution in [3.8, 4) is 0 Å². The van der Waals surface area contributed by atoms with Crippen LogP contribution in [0.1, 0.15) is 58.5 Å². The van der Waals surface area contributed by atoms with Crippen molar-refractivity contribution in [2.45, 2.75) is 63.4 Å². The van der Waals surface area contributed by atoms with E-state index < -0.39 is 20.2 Å². The Balaban J connectivity index is 0.000000301. The van der Waals surface area contributed by atoms with Crippen LogP contribution >= 0.6 is 0 Å². The molecule has 0 radical (unpaired) electrons. The molecule has 2 amide bonds. The van der Waals surface area contributed by atoms with E-state index in [-0.39, 0.29) is 21.6 Å². The lowest BCUT2D eigenvalue weighted by atomic mass is 10.1. The Bertz CT molecular complexity index is 2710. The predicted molar refractivity (Wildman–Crippen MR) is 254 cm³/mol. The maximum absolute atomic E-state index is 12.9. The average Bonchev–Trinajstić information content (AvgIpc) is 3.29. The lowest BCUT2D eigenvalue weighted by Gasteiger charge is -2.09. The van der Waals surface area contributed by atoms with Gasteiger partial charge in [0, 0.05) is 34.6 Å². The predicted octanol–water partition coefficient (Wildman–Crippen LogP) is 8.87. The van der Waals surface area contributed by atoms with Crippen molar-refractivity contribution in [3.05, 3.63) is 192 Å². The van der Waals surface area contributed by atoms with Gasteiger partial charge in [0.25, 0.3) is 23.5 Å². The molecule has 14 nitrogen and oxygen atoms in total. The van der Waals surface area contributed by atoms with E-state index in [2.05, 4.69) is 56.6 Å². The SMILES string of the molecule is CCC[n+]1ccccc1Nc1ccc(NC(=O)c2ccc(C(=O)Nc3ccc(Nc4cccc[n+]4CCC)cc3)cc2)cc1.Cc1ccc(S(=O)(=O)[O-])cc1.Cc1ccc(S(=O)(=O)[O-])cc1. The minimum absolute atomic E-state index is 0.178. The molecule has 0 aliphatic rings. The fourth-order valence-electron chi connectivity index (χ4n) is 6.21. The van der Waals surface area contributed by atoms with Gasteiger partial charge < -0.3 is 19.7 Å². The monoisotopic (exact) mass is 928 g/mol. The number of rotatable bonds is 14. The van der Waals surface area contributed by atoms with Crippen molar-refractivity contribution < 1.29 is 44.7 Å². The molecular weight excluding hydrogens is 877 g/mol. The number of pyridine rings is 2. The zero-order valence-electron chi connectivity index (χ0n) is 37.0. The smallest absolute Gasteiger partial charge is 0.279 e. The van der Waals surface area contributed by atoms with E-state index in [1.807, 2.05) is 98.8 Å². The molecule has 66 heavy (non-hydrogen) atoms. The fraction of sp³-hybridized carbons (Fsp3) is 0.160. The second-order valence-corrected chi connectivity index (χ2v) is 17.7. The number of hydrogen-bond acceptors (Lipinski definition) is 10. The molecule has 7 aromatic rings. The van der Waals surface area contributed by atoms with Gasteiger partial charge in [0.1, 0.15) is 31.6 Å². The highest BCUT2D eigenvalue weighted by Crippen LogP contribution is 2.20. The summed E-state index contributed by atoms with van der Waals surface area (Å²) in [5, 5.41) is 12.7. The Labute approximate surface area is 386 Å². The number of nitrogens with zero attached hydrogens (tertiary/aromatic N) is 2. The molecule has 0 bridgehead atoms. The summed E-state index contributed by atoms with van der Waals surface area (Å²) in [4.78, 5) is 25.4. The Hall–Kier alpha value is -7.24. The van der Waals surface area contributed by atoms with Crippen molar-refractivity contribution >= 4 is 66.4 Å². The van der Waals surface area contributed by atoms with Gasteiger partial charge >= 0.3 is 0 Å². The van der Waals surface area contributed by atoms with E-state index in [9.17, 15) is 35.5 Å². The minimum Gasteiger partial charge on any atom is -0.744 e. The van der Waals surface area contributed by atoms with E-state index in [0.29, 0.717) is 22.5 Å². The summed E-state index contributed by atoms with van der Waals surface area (Å²) in [6, 6.07) is 45.5. The third-order valence-corrected chi connectivity index (χ3v) is 11.4. The van der Waals surface area contributed by atoms with Crippen LogP contribution in [0.4, 0.5) is 34.4 Å². The highest BCUT2D eigenvalue weighted by Gasteiger charge is 2.13. The van der Waals surface area contributed by atoms with Gasteiger partial charge in [-0.1, -0.05) is 61.4 Å². The van der Waals surface area contributed by atoms with E-state index in [0.717, 1.165) is 60.1 Å². The summed E-state index contributed by atoms with van der Waals surface area (Å²) in [7, 11) is -8.54. The zero-order chi connectivity index (χ0) is 47.7. The first kappa shape index (κ1) is 49.8. The number of benzene rings is 5. The van der Waals surface area contributed by atoms with Crippen molar-refractivity contribution in [2.24, 2.45) is 0 Å². The molecule has 16 heteroatoms. The van der Waals surface area contributed by atoms with Crippen molar-refractivity contribution in [1.82, 2.24) is 0 Å². The first-order chi connectivity index (χ1) is 31.5. The minimum atomic E-state index is -4.27. The van der Waals surface area contributed by atoms with Crippen LogP contribution in [0, 0.1) is 13.8 Å². The molecule has 342 valence electrons. The molecule has 5 aromatic carbocycles. The number of hydrogen-bond donors (Lipinski definition) is 4. The summed E-state index contributed by atoms with van der Waals surface area (Å²) in [5.41, 5.74) is 6.00. The Morgan fingerprint density at radius 3 is 1.08 bits per heavy atom. The van der Waals surface area contributed by atoms with Crippen LogP contribution in [0.15, 0.2) is 180 Å². The van der Waals surface area contributed by atoms with Crippen LogP contribution in [0.25, 0.3) is 0 Å². The van der Waals surface area contributed by atoms with Gasteiger partial charge in [-0.2, -0.15) is 0 Å². The number of aryl methyl sites for hydroxylation is 4. The van der Waals surface area contributed by atoms with Gasteiger partial charge in [-0.05, 0) is 136 Å². The standard InChI is InChI=1S/C36H36N6O2.2C7H8O3S/c1-3-23-41-25-7-5-9-33(41)37-29-15-19-31(20-16-29)39-35(43)27-11-13-28(14-12-27)36(44)40-32-21-17-30(18-22-32)38-34-10-6-8-26-42(34)24-4-2;2*1-6-2-4-7(5-3-6)11(8,9)10/h5-22,25-26H,3-4,23-24H2,1-2H3,(H2,39,40,43,44);2*2-5H,1H3,(H,8,9,10). The van der Waals surface area contributed by atoms with Crippen molar-refractivity contribution in [3.63, 3.8) is 0 Å². The summed E-state index contributed by atoms with van der Waals surface area (Å²) in [6.07, 6.45) is 6.19. The highest BCUT2D eigenvalue weighted by atomic mass is 32.2. The fourth-order valence-corrected chi connectivity index (χ4v) is 7.15. The molecule has 0 saturated carbocycles. The summed E-state index contributed by atoms with van der Waals surface area (Å²) in [6.45, 7) is 9.79. The molecule has 7 rings (SSSR count). The van der Waals surface area contributed by atoms with E-state index >= 15 is 0 Å². The molecular formula is C50H52N6O8S2. The Kier molecular flexibility index (Phi) is 17.8. The summed E-state index contributed by atoms with van der Waals surface area (Å²) in [5.74, 6) is 1.52. The molecule has 0 fully saturated rings. The molecule has 0 aliphatic carbocycles. The molecule has 0 saturated heterocycles. The Morgan fingerprint density at radius 1 is 0.455 bits per heavy atom.